The van der Waals surface area contributed by atoms with Crippen LogP contribution in [-0.4, -0.2) is 9.97 Å². The molecular weight excluding hydrogens is 234 g/mol. The van der Waals surface area contributed by atoms with Crippen molar-refractivity contribution in [3.63, 3.8) is 0 Å². The molecule has 0 atom stereocenters. The second-order valence-electron chi connectivity index (χ2n) is 2.77. The Labute approximate surface area is 82.3 Å². The van der Waals surface area contributed by atoms with Gasteiger partial charge in [-0.15, -0.1) is 0 Å². The van der Waals surface area contributed by atoms with E-state index in [1.807, 2.05) is 12.1 Å². The molecule has 5 heteroatoms. The van der Waals surface area contributed by atoms with E-state index in [1.54, 1.807) is 0 Å². The van der Waals surface area contributed by atoms with Crippen LogP contribution in [0.4, 0.5) is 0 Å². The monoisotopic (exact) mass is 241 g/mol. The van der Waals surface area contributed by atoms with Crippen LogP contribution in [-0.2, 0) is 6.54 Å². The molecule has 68 valence electrons. The van der Waals surface area contributed by atoms with Crippen LogP contribution < -0.4 is 11.4 Å². The van der Waals surface area contributed by atoms with E-state index in [1.165, 1.54) is 0 Å². The molecule has 13 heavy (non-hydrogen) atoms. The van der Waals surface area contributed by atoms with Crippen molar-refractivity contribution in [2.45, 2.75) is 6.54 Å². The molecule has 0 saturated carbocycles. The Kier molecular flexibility index (Phi) is 1.97. The number of nitrogens with two attached hydrogens (primary N) is 1. The van der Waals surface area contributed by atoms with E-state index in [9.17, 15) is 4.79 Å². The van der Waals surface area contributed by atoms with Gasteiger partial charge >= 0.3 is 5.69 Å². The zero-order chi connectivity index (χ0) is 9.42. The SMILES string of the molecule is NCc1cc2[nH]c(=O)[nH]c2cc1Br. The Hall–Kier alpha value is -1.07. The summed E-state index contributed by atoms with van der Waals surface area (Å²) in [7, 11) is 0. The first-order chi connectivity index (χ1) is 6.20. The van der Waals surface area contributed by atoms with Crippen molar-refractivity contribution in [2.75, 3.05) is 0 Å². The van der Waals surface area contributed by atoms with Crippen LogP contribution in [0.25, 0.3) is 11.0 Å². The number of benzene rings is 1. The third kappa shape index (κ3) is 1.40. The first-order valence-corrected chi connectivity index (χ1v) is 4.60. The van der Waals surface area contributed by atoms with Crippen molar-refractivity contribution in [3.8, 4) is 0 Å². The van der Waals surface area contributed by atoms with Gasteiger partial charge < -0.3 is 15.7 Å². The van der Waals surface area contributed by atoms with E-state index in [-0.39, 0.29) is 5.69 Å². The van der Waals surface area contributed by atoms with Crippen molar-refractivity contribution in [2.24, 2.45) is 5.73 Å². The molecule has 0 fully saturated rings. The van der Waals surface area contributed by atoms with Crippen molar-refractivity contribution in [1.29, 1.82) is 0 Å². The third-order valence-corrected chi connectivity index (χ3v) is 2.64. The molecule has 0 spiro atoms. The number of aromatic nitrogens is 2. The quantitative estimate of drug-likeness (QED) is 0.699. The normalized spacial score (nSPS) is 10.9. The van der Waals surface area contributed by atoms with Crippen molar-refractivity contribution < 1.29 is 0 Å². The van der Waals surface area contributed by atoms with Gasteiger partial charge in [0.1, 0.15) is 0 Å². The van der Waals surface area contributed by atoms with Crippen molar-refractivity contribution >= 4 is 27.0 Å². The molecule has 0 aliphatic rings. The first kappa shape index (κ1) is 8.52. The van der Waals surface area contributed by atoms with E-state index in [2.05, 4.69) is 25.9 Å². The minimum Gasteiger partial charge on any atom is -0.326 e. The standard InChI is InChI=1S/C8H8BrN3O/c9-5-2-7-6(1-4(5)3-10)11-8(13)12-7/h1-2H,3,10H2,(H2,11,12,13). The molecule has 1 aromatic heterocycles. The van der Waals surface area contributed by atoms with Crippen LogP contribution in [0, 0.1) is 0 Å². The van der Waals surface area contributed by atoms with E-state index < -0.39 is 0 Å². The van der Waals surface area contributed by atoms with E-state index in [4.69, 9.17) is 5.73 Å². The van der Waals surface area contributed by atoms with Crippen molar-refractivity contribution in [3.05, 3.63) is 32.7 Å². The molecule has 0 saturated heterocycles. The number of nitrogens with one attached hydrogen (secondary N) is 2. The van der Waals surface area contributed by atoms with Crippen LogP contribution in [0.2, 0.25) is 0 Å². The molecule has 4 nitrogen and oxygen atoms in total. The molecule has 0 bridgehead atoms. The Morgan fingerprint density at radius 3 is 2.54 bits per heavy atom. The predicted molar refractivity (Wildman–Crippen MR) is 54.5 cm³/mol. The molecular formula is C8H8BrN3O. The second kappa shape index (κ2) is 3.01. The average molecular weight is 242 g/mol. The highest BCUT2D eigenvalue weighted by molar-refractivity contribution is 9.10. The van der Waals surface area contributed by atoms with Crippen LogP contribution in [0.1, 0.15) is 5.56 Å². The lowest BCUT2D eigenvalue weighted by molar-refractivity contribution is 1.06. The Balaban J connectivity index is 2.80. The summed E-state index contributed by atoms with van der Waals surface area (Å²) in [5.41, 5.74) is 7.86. The van der Waals surface area contributed by atoms with Gasteiger partial charge in [-0.2, -0.15) is 0 Å². The van der Waals surface area contributed by atoms with Gasteiger partial charge in [-0.05, 0) is 17.7 Å². The van der Waals surface area contributed by atoms with E-state index in [0.717, 1.165) is 21.1 Å². The highest BCUT2D eigenvalue weighted by atomic mass is 79.9. The molecule has 0 aliphatic heterocycles. The van der Waals surface area contributed by atoms with Crippen LogP contribution >= 0.6 is 15.9 Å². The lowest BCUT2D eigenvalue weighted by atomic mass is 10.2. The zero-order valence-electron chi connectivity index (χ0n) is 6.73. The first-order valence-electron chi connectivity index (χ1n) is 3.81. The second-order valence-corrected chi connectivity index (χ2v) is 3.63. The zero-order valence-corrected chi connectivity index (χ0v) is 8.31. The topological polar surface area (TPSA) is 74.7 Å². The smallest absolute Gasteiger partial charge is 0.323 e. The summed E-state index contributed by atoms with van der Waals surface area (Å²) in [5.74, 6) is 0. The largest absolute Gasteiger partial charge is 0.326 e. The van der Waals surface area contributed by atoms with Gasteiger partial charge in [0.05, 0.1) is 11.0 Å². The average Bonchev–Trinajstić information content (AvgIpc) is 2.42. The van der Waals surface area contributed by atoms with Gasteiger partial charge in [0.25, 0.3) is 0 Å². The minimum atomic E-state index is -0.198. The predicted octanol–water partition coefficient (Wildman–Crippen LogP) is 1.08. The number of hydrogen-bond donors (Lipinski definition) is 3. The summed E-state index contributed by atoms with van der Waals surface area (Å²) in [6, 6.07) is 3.70. The fourth-order valence-electron chi connectivity index (χ4n) is 1.26. The summed E-state index contributed by atoms with van der Waals surface area (Å²) in [5, 5.41) is 0. The minimum absolute atomic E-state index is 0.198. The Morgan fingerprint density at radius 2 is 1.92 bits per heavy atom. The Bertz CT molecular complexity index is 500. The maximum absolute atomic E-state index is 10.9. The fraction of sp³-hybridized carbons (Fsp3) is 0.125. The van der Waals surface area contributed by atoms with Gasteiger partial charge in [0, 0.05) is 11.0 Å². The maximum atomic E-state index is 10.9. The summed E-state index contributed by atoms with van der Waals surface area (Å²) in [6.07, 6.45) is 0. The number of fused-ring (bicyclic) bond motifs is 1. The molecule has 0 unspecified atom stereocenters. The summed E-state index contributed by atoms with van der Waals surface area (Å²) in [6.45, 7) is 0.448. The molecule has 4 N–H and O–H groups in total. The molecule has 0 amide bonds. The molecule has 2 aromatic rings. The van der Waals surface area contributed by atoms with Crippen LogP contribution in [0.15, 0.2) is 21.4 Å². The molecule has 0 radical (unpaired) electrons. The highest BCUT2D eigenvalue weighted by Crippen LogP contribution is 2.20. The summed E-state index contributed by atoms with van der Waals surface area (Å²) < 4.78 is 0.915. The number of hydrogen-bond acceptors (Lipinski definition) is 2. The van der Waals surface area contributed by atoms with Crippen molar-refractivity contribution in [1.82, 2.24) is 9.97 Å². The van der Waals surface area contributed by atoms with Gasteiger partial charge in [0.15, 0.2) is 0 Å². The third-order valence-electron chi connectivity index (χ3n) is 1.90. The van der Waals surface area contributed by atoms with Gasteiger partial charge in [-0.1, -0.05) is 15.9 Å². The van der Waals surface area contributed by atoms with E-state index in [0.29, 0.717) is 6.54 Å². The van der Waals surface area contributed by atoms with Crippen LogP contribution in [0.5, 0.6) is 0 Å². The fourth-order valence-corrected chi connectivity index (χ4v) is 1.76. The number of H-pyrrole nitrogens is 2. The Morgan fingerprint density at radius 1 is 1.31 bits per heavy atom. The molecule has 2 rings (SSSR count). The number of rotatable bonds is 1. The molecule has 1 aromatic carbocycles. The lowest BCUT2D eigenvalue weighted by Crippen LogP contribution is -1.99. The maximum Gasteiger partial charge on any atom is 0.323 e. The summed E-state index contributed by atoms with van der Waals surface area (Å²) >= 11 is 3.37. The molecule has 1 heterocycles. The highest BCUT2D eigenvalue weighted by Gasteiger charge is 2.03. The van der Waals surface area contributed by atoms with Gasteiger partial charge in [-0.3, -0.25) is 0 Å². The number of halogens is 1. The number of imidazole rings is 1. The number of aromatic amines is 2. The van der Waals surface area contributed by atoms with Crippen LogP contribution in [0.3, 0.4) is 0 Å². The van der Waals surface area contributed by atoms with Gasteiger partial charge in [-0.25, -0.2) is 4.79 Å². The van der Waals surface area contributed by atoms with E-state index >= 15 is 0 Å². The van der Waals surface area contributed by atoms with Gasteiger partial charge in [0.2, 0.25) is 0 Å². The summed E-state index contributed by atoms with van der Waals surface area (Å²) in [4.78, 5) is 16.3. The molecule has 0 aliphatic carbocycles. The lowest BCUT2D eigenvalue weighted by Gasteiger charge is -1.99.